The highest BCUT2D eigenvalue weighted by atomic mass is 19.1. The van der Waals surface area contributed by atoms with Gasteiger partial charge in [0.25, 0.3) is 17.4 Å². The van der Waals surface area contributed by atoms with Crippen molar-refractivity contribution in [3.63, 3.8) is 0 Å². The Morgan fingerprint density at radius 1 is 1.32 bits per heavy atom. The Bertz CT molecular complexity index is 993. The Morgan fingerprint density at radius 3 is 2.79 bits per heavy atom. The average Bonchev–Trinajstić information content (AvgIpc) is 3.33. The second kappa shape index (κ2) is 6.84. The monoisotopic (exact) mass is 388 g/mol. The van der Waals surface area contributed by atoms with Crippen LogP contribution in [0, 0.1) is 0 Å². The minimum Gasteiger partial charge on any atom is -0.346 e. The van der Waals surface area contributed by atoms with Crippen LogP contribution in [0.5, 0.6) is 0 Å². The fourth-order valence-electron chi connectivity index (χ4n) is 3.32. The topological polar surface area (TPSA) is 102 Å². The Balaban J connectivity index is 1.51. The molecule has 2 aromatic rings. The van der Waals surface area contributed by atoms with Crippen LogP contribution in [-0.2, 0) is 31.5 Å². The van der Waals surface area contributed by atoms with E-state index in [1.807, 2.05) is 0 Å². The fourth-order valence-corrected chi connectivity index (χ4v) is 3.32. The number of hydrogen-bond acceptors (Lipinski definition) is 5. The highest BCUT2D eigenvalue weighted by Crippen LogP contribution is 2.41. The van der Waals surface area contributed by atoms with Crippen molar-refractivity contribution in [1.82, 2.24) is 29.5 Å². The van der Waals surface area contributed by atoms with Gasteiger partial charge in [-0.25, -0.2) is 9.37 Å². The molecule has 4 rings (SSSR count). The number of rotatable bonds is 4. The fraction of sp³-hybridized carbons (Fsp3) is 0.500. The van der Waals surface area contributed by atoms with E-state index in [2.05, 4.69) is 15.4 Å². The van der Waals surface area contributed by atoms with Crippen LogP contribution in [0.25, 0.3) is 0 Å². The number of carbonyl (C=O) groups is 2. The SMILES string of the molecule is Cn1cc(C(=O)NCc2cc(=O)n3c(n2)CN(C(=O)C2(F)CC2)CCC3)cn1. The summed E-state index contributed by atoms with van der Waals surface area (Å²) in [5.41, 5.74) is -1.19. The summed E-state index contributed by atoms with van der Waals surface area (Å²) in [4.78, 5) is 42.9. The predicted molar refractivity (Wildman–Crippen MR) is 96.0 cm³/mol. The number of hydrogen-bond donors (Lipinski definition) is 1. The Morgan fingerprint density at radius 2 is 2.11 bits per heavy atom. The first-order valence-corrected chi connectivity index (χ1v) is 9.20. The van der Waals surface area contributed by atoms with Crippen molar-refractivity contribution in [2.75, 3.05) is 6.54 Å². The van der Waals surface area contributed by atoms with Gasteiger partial charge in [-0.05, 0) is 19.3 Å². The molecule has 0 aromatic carbocycles. The van der Waals surface area contributed by atoms with Crippen molar-refractivity contribution in [3.05, 3.63) is 45.9 Å². The van der Waals surface area contributed by atoms with Crippen LogP contribution in [0.3, 0.4) is 0 Å². The molecule has 0 saturated heterocycles. The van der Waals surface area contributed by atoms with Gasteiger partial charge in [-0.15, -0.1) is 0 Å². The van der Waals surface area contributed by atoms with Gasteiger partial charge in [0.05, 0.1) is 30.5 Å². The van der Waals surface area contributed by atoms with E-state index in [4.69, 9.17) is 0 Å². The van der Waals surface area contributed by atoms with E-state index in [0.717, 1.165) is 0 Å². The van der Waals surface area contributed by atoms with Crippen molar-refractivity contribution in [1.29, 1.82) is 0 Å². The van der Waals surface area contributed by atoms with E-state index in [9.17, 15) is 18.8 Å². The molecule has 3 heterocycles. The molecule has 2 amide bonds. The first-order valence-electron chi connectivity index (χ1n) is 9.20. The maximum Gasteiger partial charge on any atom is 0.260 e. The number of halogens is 1. The number of aromatic nitrogens is 4. The van der Waals surface area contributed by atoms with Crippen molar-refractivity contribution in [2.24, 2.45) is 7.05 Å². The Labute approximate surface area is 160 Å². The van der Waals surface area contributed by atoms with Gasteiger partial charge in [0.15, 0.2) is 5.67 Å². The summed E-state index contributed by atoms with van der Waals surface area (Å²) in [7, 11) is 1.71. The lowest BCUT2D eigenvalue weighted by molar-refractivity contribution is -0.138. The third-order valence-corrected chi connectivity index (χ3v) is 5.04. The standard InChI is InChI=1S/C18H21FN6O3/c1-23-10-12(8-21-23)16(27)20-9-13-7-15(26)25-6-2-5-24(11-14(25)22-13)17(28)18(19)3-4-18/h7-8,10H,2-6,9,11H2,1H3,(H,20,27). The van der Waals surface area contributed by atoms with E-state index >= 15 is 0 Å². The normalized spacial score (nSPS) is 17.6. The molecule has 2 aromatic heterocycles. The second-order valence-electron chi connectivity index (χ2n) is 7.28. The number of amides is 2. The van der Waals surface area contributed by atoms with E-state index in [0.29, 0.717) is 36.6 Å². The molecule has 0 atom stereocenters. The third-order valence-electron chi connectivity index (χ3n) is 5.04. The van der Waals surface area contributed by atoms with Crippen LogP contribution in [0.15, 0.2) is 23.3 Å². The lowest BCUT2D eigenvalue weighted by Crippen LogP contribution is -2.38. The quantitative estimate of drug-likeness (QED) is 0.803. The Hall–Kier alpha value is -3.04. The number of nitrogens with zero attached hydrogens (tertiary/aromatic N) is 5. The minimum absolute atomic E-state index is 0.0673. The largest absolute Gasteiger partial charge is 0.346 e. The van der Waals surface area contributed by atoms with Crippen LogP contribution in [-0.4, -0.2) is 48.3 Å². The van der Waals surface area contributed by atoms with Crippen LogP contribution in [0.4, 0.5) is 4.39 Å². The summed E-state index contributed by atoms with van der Waals surface area (Å²) in [5, 5.41) is 6.65. The molecule has 1 aliphatic heterocycles. The summed E-state index contributed by atoms with van der Waals surface area (Å²) in [6, 6.07) is 1.38. The number of carbonyl (C=O) groups excluding carboxylic acids is 2. The summed E-state index contributed by atoms with van der Waals surface area (Å²) in [5.74, 6) is -0.437. The van der Waals surface area contributed by atoms with Gasteiger partial charge in [0, 0.05) is 32.4 Å². The predicted octanol–water partition coefficient (Wildman–Crippen LogP) is 0.141. The molecule has 1 N–H and O–H groups in total. The molecule has 1 aliphatic carbocycles. The number of fused-ring (bicyclic) bond motifs is 1. The molecule has 0 spiro atoms. The average molecular weight is 388 g/mol. The zero-order valence-corrected chi connectivity index (χ0v) is 15.5. The van der Waals surface area contributed by atoms with E-state index in [1.54, 1.807) is 13.2 Å². The van der Waals surface area contributed by atoms with Gasteiger partial charge in [-0.3, -0.25) is 23.6 Å². The van der Waals surface area contributed by atoms with Gasteiger partial charge < -0.3 is 10.2 Å². The molecule has 10 heteroatoms. The maximum absolute atomic E-state index is 14.2. The molecule has 2 aliphatic rings. The highest BCUT2D eigenvalue weighted by Gasteiger charge is 2.52. The van der Waals surface area contributed by atoms with Gasteiger partial charge in [-0.1, -0.05) is 0 Å². The van der Waals surface area contributed by atoms with Gasteiger partial charge in [0.2, 0.25) is 0 Å². The molecule has 0 bridgehead atoms. The van der Waals surface area contributed by atoms with E-state index < -0.39 is 11.6 Å². The lowest BCUT2D eigenvalue weighted by Gasteiger charge is -2.22. The van der Waals surface area contributed by atoms with Crippen molar-refractivity contribution in [3.8, 4) is 0 Å². The molecule has 0 radical (unpaired) electrons. The summed E-state index contributed by atoms with van der Waals surface area (Å²) >= 11 is 0. The van der Waals surface area contributed by atoms with Gasteiger partial charge >= 0.3 is 0 Å². The zero-order valence-electron chi connectivity index (χ0n) is 15.5. The molecule has 1 fully saturated rings. The zero-order chi connectivity index (χ0) is 19.9. The van der Waals surface area contributed by atoms with Crippen LogP contribution >= 0.6 is 0 Å². The molecular weight excluding hydrogens is 367 g/mol. The minimum atomic E-state index is -1.75. The third kappa shape index (κ3) is 3.54. The molecule has 1 saturated carbocycles. The Kier molecular flexibility index (Phi) is 4.48. The van der Waals surface area contributed by atoms with Crippen LogP contribution in [0.2, 0.25) is 0 Å². The van der Waals surface area contributed by atoms with E-state index in [1.165, 1.54) is 26.4 Å². The molecule has 148 valence electrons. The summed E-state index contributed by atoms with van der Waals surface area (Å²) in [6.07, 6.45) is 4.10. The molecule has 28 heavy (non-hydrogen) atoms. The lowest BCUT2D eigenvalue weighted by atomic mass is 10.3. The first-order chi connectivity index (χ1) is 13.4. The molecule has 9 nitrogen and oxygen atoms in total. The second-order valence-corrected chi connectivity index (χ2v) is 7.28. The highest BCUT2D eigenvalue weighted by molar-refractivity contribution is 5.93. The molecule has 0 unspecified atom stereocenters. The van der Waals surface area contributed by atoms with Crippen LogP contribution in [0.1, 0.15) is 41.1 Å². The maximum atomic E-state index is 14.2. The van der Waals surface area contributed by atoms with Crippen molar-refractivity contribution in [2.45, 2.75) is 44.6 Å². The van der Waals surface area contributed by atoms with Gasteiger partial charge in [0.1, 0.15) is 5.82 Å². The number of alkyl halides is 1. The van der Waals surface area contributed by atoms with Crippen LogP contribution < -0.4 is 10.9 Å². The number of nitrogens with one attached hydrogen (secondary N) is 1. The van der Waals surface area contributed by atoms with Crippen molar-refractivity contribution < 1.29 is 14.0 Å². The summed E-state index contributed by atoms with van der Waals surface area (Å²) < 4.78 is 17.2. The number of aryl methyl sites for hydroxylation is 1. The van der Waals surface area contributed by atoms with E-state index in [-0.39, 0.29) is 37.4 Å². The van der Waals surface area contributed by atoms with Crippen molar-refractivity contribution >= 4 is 11.8 Å². The molecular formula is C18H21FN6O3. The van der Waals surface area contributed by atoms with Gasteiger partial charge in [-0.2, -0.15) is 5.10 Å². The first kappa shape index (κ1) is 18.3. The smallest absolute Gasteiger partial charge is 0.260 e. The summed E-state index contributed by atoms with van der Waals surface area (Å²) in [6.45, 7) is 0.967.